The lowest BCUT2D eigenvalue weighted by Gasteiger charge is -2.20. The van der Waals surface area contributed by atoms with Crippen molar-refractivity contribution < 1.29 is 4.74 Å². The fraction of sp³-hybridized carbons (Fsp3) is 0.667. The van der Waals surface area contributed by atoms with Crippen LogP contribution < -0.4 is 10.1 Å². The van der Waals surface area contributed by atoms with Gasteiger partial charge >= 0.3 is 0 Å². The Hall–Kier alpha value is -1.06. The Morgan fingerprint density at radius 3 is 2.52 bits per heavy atom. The number of hydrogen-bond donors (Lipinski definition) is 1. The van der Waals surface area contributed by atoms with Crippen molar-refractivity contribution in [3.8, 4) is 5.75 Å². The second-order valence-electron chi connectivity index (χ2n) is 6.46. The van der Waals surface area contributed by atoms with Crippen molar-refractivity contribution in [2.24, 2.45) is 11.8 Å². The molecule has 118 valence electrons. The van der Waals surface area contributed by atoms with Gasteiger partial charge in [0.25, 0.3) is 0 Å². The van der Waals surface area contributed by atoms with Gasteiger partial charge in [-0.2, -0.15) is 0 Å². The quantitative estimate of drug-likeness (QED) is 0.868. The first-order valence-corrected chi connectivity index (χ1v) is 8.20. The Bertz CT molecular complexity index is 451. The van der Waals surface area contributed by atoms with E-state index in [1.807, 2.05) is 14.0 Å². The highest BCUT2D eigenvalue weighted by atomic mass is 16.5. The van der Waals surface area contributed by atoms with Crippen LogP contribution in [0.1, 0.15) is 44.9 Å². The number of nitrogens with zero attached hydrogens (tertiary/aromatic N) is 1. The summed E-state index contributed by atoms with van der Waals surface area (Å²) in [5, 5.41) is 3.31. The number of rotatable bonds is 6. The number of likely N-dealkylation sites (tertiary alicyclic amines) is 1. The van der Waals surface area contributed by atoms with Crippen LogP contribution in [0.2, 0.25) is 0 Å². The second-order valence-corrected chi connectivity index (χ2v) is 6.46. The van der Waals surface area contributed by atoms with Gasteiger partial charge in [-0.05, 0) is 50.4 Å². The predicted octanol–water partition coefficient (Wildman–Crippen LogP) is 3.45. The molecule has 1 aromatic rings. The molecule has 1 N–H and O–H groups in total. The fourth-order valence-corrected chi connectivity index (χ4v) is 3.07. The summed E-state index contributed by atoms with van der Waals surface area (Å²) in [5.41, 5.74) is 2.65. The van der Waals surface area contributed by atoms with Gasteiger partial charge in [0.15, 0.2) is 0 Å². The highest BCUT2D eigenvalue weighted by molar-refractivity contribution is 5.38. The molecule has 3 nitrogen and oxygen atoms in total. The molecule has 0 aliphatic carbocycles. The van der Waals surface area contributed by atoms with Crippen LogP contribution in [-0.4, -0.2) is 31.6 Å². The van der Waals surface area contributed by atoms with Crippen molar-refractivity contribution >= 4 is 0 Å². The van der Waals surface area contributed by atoms with Gasteiger partial charge in [-0.15, -0.1) is 0 Å². The van der Waals surface area contributed by atoms with Gasteiger partial charge in [0.2, 0.25) is 0 Å². The van der Waals surface area contributed by atoms with E-state index in [1.165, 1.54) is 24.2 Å². The Morgan fingerprint density at radius 1 is 1.29 bits per heavy atom. The molecule has 1 saturated heterocycles. The second kappa shape index (κ2) is 7.28. The Labute approximate surface area is 129 Å². The third-order valence-electron chi connectivity index (χ3n) is 4.78. The molecule has 1 aliphatic rings. The number of ether oxygens (including phenoxy) is 1. The van der Waals surface area contributed by atoms with Gasteiger partial charge in [0.1, 0.15) is 5.75 Å². The highest BCUT2D eigenvalue weighted by Gasteiger charge is 2.26. The average molecular weight is 290 g/mol. The molecule has 1 heterocycles. The zero-order chi connectivity index (χ0) is 15.4. The monoisotopic (exact) mass is 290 g/mol. The van der Waals surface area contributed by atoms with E-state index in [2.05, 4.69) is 49.2 Å². The van der Waals surface area contributed by atoms with Crippen molar-refractivity contribution in [2.75, 3.05) is 26.7 Å². The molecular formula is C18H30N2O. The topological polar surface area (TPSA) is 24.5 Å². The fourth-order valence-electron chi connectivity index (χ4n) is 3.07. The van der Waals surface area contributed by atoms with E-state index in [0.29, 0.717) is 6.04 Å². The molecule has 0 aromatic heterocycles. The zero-order valence-electron chi connectivity index (χ0n) is 14.1. The minimum Gasteiger partial charge on any atom is -0.494 e. The van der Waals surface area contributed by atoms with Gasteiger partial charge in [-0.25, -0.2) is 0 Å². The Balaban J connectivity index is 2.18. The summed E-state index contributed by atoms with van der Waals surface area (Å²) in [6.45, 7) is 13.1. The molecule has 3 heteroatoms. The average Bonchev–Trinajstić information content (AvgIpc) is 2.78. The Morgan fingerprint density at radius 2 is 1.95 bits per heavy atom. The normalized spacial score (nSPS) is 24.2. The smallest absolute Gasteiger partial charge is 0.123 e. The van der Waals surface area contributed by atoms with Crippen LogP contribution in [0.4, 0.5) is 0 Å². The lowest BCUT2D eigenvalue weighted by Crippen LogP contribution is -2.21. The van der Waals surface area contributed by atoms with Gasteiger partial charge in [0, 0.05) is 31.2 Å². The summed E-state index contributed by atoms with van der Waals surface area (Å²) in [6, 6.07) is 6.98. The first-order chi connectivity index (χ1) is 10.0. The third kappa shape index (κ3) is 3.98. The summed E-state index contributed by atoms with van der Waals surface area (Å²) in [7, 11) is 2.00. The first kappa shape index (κ1) is 16.3. The number of nitrogens with one attached hydrogen (secondary N) is 1. The highest BCUT2D eigenvalue weighted by Crippen LogP contribution is 2.29. The molecule has 0 saturated carbocycles. The summed E-state index contributed by atoms with van der Waals surface area (Å²) in [5.74, 6) is 2.62. The standard InChI is InChI=1S/C18H30N2O/c1-6-21-18-8-7-16(15(4)19-5)9-17(18)12-20-10-13(2)14(3)11-20/h7-9,13-15,19H,6,10-12H2,1-5H3. The molecule has 0 bridgehead atoms. The van der Waals surface area contributed by atoms with Crippen LogP contribution in [0, 0.1) is 11.8 Å². The molecule has 21 heavy (non-hydrogen) atoms. The molecule has 1 aromatic carbocycles. The number of hydrogen-bond acceptors (Lipinski definition) is 3. The predicted molar refractivity (Wildman–Crippen MR) is 88.7 cm³/mol. The molecule has 0 spiro atoms. The molecular weight excluding hydrogens is 260 g/mol. The largest absolute Gasteiger partial charge is 0.494 e. The molecule has 0 amide bonds. The lowest BCUT2D eigenvalue weighted by molar-refractivity contribution is 0.296. The van der Waals surface area contributed by atoms with Crippen molar-refractivity contribution in [2.45, 2.75) is 40.3 Å². The van der Waals surface area contributed by atoms with E-state index in [9.17, 15) is 0 Å². The van der Waals surface area contributed by atoms with Gasteiger partial charge in [0.05, 0.1) is 6.61 Å². The first-order valence-electron chi connectivity index (χ1n) is 8.20. The van der Waals surface area contributed by atoms with Crippen molar-refractivity contribution in [3.63, 3.8) is 0 Å². The zero-order valence-corrected chi connectivity index (χ0v) is 14.1. The van der Waals surface area contributed by atoms with E-state index in [4.69, 9.17) is 4.74 Å². The number of benzene rings is 1. The summed E-state index contributed by atoms with van der Waals surface area (Å²) in [6.07, 6.45) is 0. The maximum Gasteiger partial charge on any atom is 0.123 e. The molecule has 2 rings (SSSR count). The van der Waals surface area contributed by atoms with Gasteiger partial charge in [-0.3, -0.25) is 4.90 Å². The summed E-state index contributed by atoms with van der Waals surface area (Å²) in [4.78, 5) is 2.56. The third-order valence-corrected chi connectivity index (χ3v) is 4.78. The van der Waals surface area contributed by atoms with Crippen LogP contribution in [0.15, 0.2) is 18.2 Å². The van der Waals surface area contributed by atoms with E-state index in [1.54, 1.807) is 0 Å². The Kier molecular flexibility index (Phi) is 5.65. The van der Waals surface area contributed by atoms with Crippen LogP contribution in [0.25, 0.3) is 0 Å². The van der Waals surface area contributed by atoms with Crippen LogP contribution >= 0.6 is 0 Å². The minimum absolute atomic E-state index is 0.371. The van der Waals surface area contributed by atoms with Gasteiger partial charge < -0.3 is 10.1 Å². The maximum absolute atomic E-state index is 5.82. The lowest BCUT2D eigenvalue weighted by atomic mass is 10.0. The van der Waals surface area contributed by atoms with Crippen molar-refractivity contribution in [1.29, 1.82) is 0 Å². The summed E-state index contributed by atoms with van der Waals surface area (Å²) < 4.78 is 5.82. The molecule has 3 unspecified atom stereocenters. The van der Waals surface area contributed by atoms with Crippen molar-refractivity contribution in [3.05, 3.63) is 29.3 Å². The van der Waals surface area contributed by atoms with Crippen LogP contribution in [0.5, 0.6) is 5.75 Å². The van der Waals surface area contributed by atoms with Crippen LogP contribution in [-0.2, 0) is 6.54 Å². The molecule has 3 atom stereocenters. The maximum atomic E-state index is 5.82. The summed E-state index contributed by atoms with van der Waals surface area (Å²) >= 11 is 0. The molecule has 1 aliphatic heterocycles. The van der Waals surface area contributed by atoms with Crippen molar-refractivity contribution in [1.82, 2.24) is 10.2 Å². The molecule has 0 radical (unpaired) electrons. The van der Waals surface area contributed by atoms with E-state index >= 15 is 0 Å². The van der Waals surface area contributed by atoms with E-state index in [0.717, 1.165) is 30.7 Å². The van der Waals surface area contributed by atoms with E-state index < -0.39 is 0 Å². The molecule has 1 fully saturated rings. The van der Waals surface area contributed by atoms with E-state index in [-0.39, 0.29) is 0 Å². The van der Waals surface area contributed by atoms with Gasteiger partial charge in [-0.1, -0.05) is 19.9 Å². The SMILES string of the molecule is CCOc1ccc(C(C)NC)cc1CN1CC(C)C(C)C1. The van der Waals surface area contributed by atoms with Crippen LogP contribution in [0.3, 0.4) is 0 Å². The minimum atomic E-state index is 0.371.